The van der Waals surface area contributed by atoms with E-state index >= 15 is 0 Å². The number of β-amino-alcohol motifs (C(OH)–C–C–N with tert-alkyl or cyclic N) is 1. The van der Waals surface area contributed by atoms with Crippen molar-refractivity contribution in [2.24, 2.45) is 0 Å². The summed E-state index contributed by atoms with van der Waals surface area (Å²) in [6.07, 6.45) is 1.56. The number of anilines is 1. The van der Waals surface area contributed by atoms with Crippen LogP contribution in [-0.4, -0.2) is 67.6 Å². The van der Waals surface area contributed by atoms with Gasteiger partial charge in [-0.05, 0) is 32.9 Å². The quantitative estimate of drug-likeness (QED) is 0.709. The molecule has 0 saturated carbocycles. The van der Waals surface area contributed by atoms with Gasteiger partial charge in [-0.1, -0.05) is 18.2 Å². The monoisotopic (exact) mass is 382 g/mol. The molecule has 0 radical (unpaired) electrons. The molecule has 1 aliphatic rings. The van der Waals surface area contributed by atoms with Gasteiger partial charge in [0, 0.05) is 32.2 Å². The maximum Gasteiger partial charge on any atom is 0.263 e. The zero-order chi connectivity index (χ0) is 19.9. The van der Waals surface area contributed by atoms with Gasteiger partial charge < -0.3 is 10.0 Å². The summed E-state index contributed by atoms with van der Waals surface area (Å²) in [5, 5.41) is 14.9. The number of aromatic nitrogens is 4. The van der Waals surface area contributed by atoms with Crippen LogP contribution in [0.1, 0.15) is 20.8 Å². The van der Waals surface area contributed by atoms with Crippen LogP contribution < -0.4 is 10.5 Å². The van der Waals surface area contributed by atoms with E-state index in [4.69, 9.17) is 4.98 Å². The van der Waals surface area contributed by atoms with Gasteiger partial charge in [0.2, 0.25) is 5.95 Å². The van der Waals surface area contributed by atoms with E-state index in [2.05, 4.69) is 26.8 Å². The van der Waals surface area contributed by atoms with Crippen molar-refractivity contribution in [1.29, 1.82) is 0 Å². The van der Waals surface area contributed by atoms with Crippen LogP contribution in [0.25, 0.3) is 16.7 Å². The van der Waals surface area contributed by atoms with Crippen molar-refractivity contribution < 1.29 is 5.11 Å². The van der Waals surface area contributed by atoms with Gasteiger partial charge in [-0.2, -0.15) is 10.1 Å². The Morgan fingerprint density at radius 1 is 1.25 bits per heavy atom. The molecule has 2 aromatic heterocycles. The smallest absolute Gasteiger partial charge is 0.263 e. The van der Waals surface area contributed by atoms with Gasteiger partial charge in [-0.3, -0.25) is 14.7 Å². The molecule has 0 aliphatic carbocycles. The van der Waals surface area contributed by atoms with Gasteiger partial charge >= 0.3 is 0 Å². The molecule has 0 bridgehead atoms. The van der Waals surface area contributed by atoms with Crippen LogP contribution in [0.2, 0.25) is 0 Å². The van der Waals surface area contributed by atoms with Gasteiger partial charge in [-0.25, -0.2) is 4.68 Å². The van der Waals surface area contributed by atoms with Crippen LogP contribution in [0.15, 0.2) is 41.3 Å². The van der Waals surface area contributed by atoms with Crippen LogP contribution in [-0.2, 0) is 0 Å². The fourth-order valence-electron chi connectivity index (χ4n) is 3.84. The van der Waals surface area contributed by atoms with E-state index in [1.165, 1.54) is 0 Å². The van der Waals surface area contributed by atoms with Crippen LogP contribution in [0, 0.1) is 0 Å². The predicted molar refractivity (Wildman–Crippen MR) is 109 cm³/mol. The fourth-order valence-corrected chi connectivity index (χ4v) is 3.84. The molecule has 8 heteroatoms. The van der Waals surface area contributed by atoms with Gasteiger partial charge in [0.15, 0.2) is 5.65 Å². The zero-order valence-corrected chi connectivity index (χ0v) is 16.5. The summed E-state index contributed by atoms with van der Waals surface area (Å²) in [4.78, 5) is 24.6. The van der Waals surface area contributed by atoms with Crippen molar-refractivity contribution in [2.45, 2.75) is 32.4 Å². The number of hydrogen-bond donors (Lipinski definition) is 2. The number of aliphatic hydroxyl groups is 1. The molecular formula is C20H26N6O2. The highest BCUT2D eigenvalue weighted by Gasteiger charge is 2.29. The lowest BCUT2D eigenvalue weighted by Crippen LogP contribution is -2.55. The van der Waals surface area contributed by atoms with Crippen molar-refractivity contribution in [3.05, 3.63) is 46.9 Å². The number of aromatic amines is 1. The highest BCUT2D eigenvalue weighted by atomic mass is 16.3. The minimum atomic E-state index is -0.727. The summed E-state index contributed by atoms with van der Waals surface area (Å²) in [6.45, 7) is 8.69. The van der Waals surface area contributed by atoms with E-state index in [1.807, 2.05) is 44.2 Å². The standard InChI is InChI=1S/C20H26N6O2/c1-14-12-24(13-20(2,3)28)9-10-25(14)19-22-17-16(18(27)23-19)11-21-26(17)15-7-5-4-6-8-15/h4-8,11,14,28H,9-10,12-13H2,1-3H3,(H,22,23,27). The molecule has 1 aromatic carbocycles. The predicted octanol–water partition coefficient (Wildman–Crippen LogP) is 1.39. The number of nitrogens with one attached hydrogen (secondary N) is 1. The third-order valence-corrected chi connectivity index (χ3v) is 5.02. The Morgan fingerprint density at radius 2 is 2.00 bits per heavy atom. The number of hydrogen-bond acceptors (Lipinski definition) is 6. The molecule has 28 heavy (non-hydrogen) atoms. The van der Waals surface area contributed by atoms with E-state index in [0.29, 0.717) is 23.5 Å². The summed E-state index contributed by atoms with van der Waals surface area (Å²) >= 11 is 0. The molecule has 0 amide bonds. The molecule has 1 saturated heterocycles. The van der Waals surface area contributed by atoms with Gasteiger partial charge in [-0.15, -0.1) is 0 Å². The Hall–Kier alpha value is -2.71. The summed E-state index contributed by atoms with van der Waals surface area (Å²) in [7, 11) is 0. The van der Waals surface area contributed by atoms with Crippen molar-refractivity contribution in [2.75, 3.05) is 31.1 Å². The Bertz CT molecular complexity index is 1020. The first-order valence-corrected chi connectivity index (χ1v) is 9.57. The summed E-state index contributed by atoms with van der Waals surface area (Å²) in [5.41, 5.74) is 0.504. The largest absolute Gasteiger partial charge is 0.389 e. The van der Waals surface area contributed by atoms with E-state index in [-0.39, 0.29) is 11.6 Å². The molecular weight excluding hydrogens is 356 g/mol. The minimum absolute atomic E-state index is 0.157. The lowest BCUT2D eigenvalue weighted by molar-refractivity contribution is 0.0307. The third kappa shape index (κ3) is 3.65. The second kappa shape index (κ2) is 7.03. The van der Waals surface area contributed by atoms with Crippen molar-refractivity contribution in [3.8, 4) is 5.69 Å². The van der Waals surface area contributed by atoms with Crippen molar-refractivity contribution in [1.82, 2.24) is 24.6 Å². The maximum absolute atomic E-state index is 12.6. The lowest BCUT2D eigenvalue weighted by atomic mass is 10.1. The molecule has 4 rings (SSSR count). The molecule has 1 aliphatic heterocycles. The highest BCUT2D eigenvalue weighted by molar-refractivity contribution is 5.76. The minimum Gasteiger partial charge on any atom is -0.389 e. The first-order valence-electron chi connectivity index (χ1n) is 9.57. The molecule has 3 aromatic rings. The molecule has 148 valence electrons. The van der Waals surface area contributed by atoms with Gasteiger partial charge in [0.05, 0.1) is 17.5 Å². The molecule has 1 unspecified atom stereocenters. The average molecular weight is 382 g/mol. The van der Waals surface area contributed by atoms with E-state index in [1.54, 1.807) is 10.9 Å². The summed E-state index contributed by atoms with van der Waals surface area (Å²) in [5.74, 6) is 0.561. The van der Waals surface area contributed by atoms with Crippen LogP contribution >= 0.6 is 0 Å². The second-order valence-electron chi connectivity index (χ2n) is 8.11. The number of H-pyrrole nitrogens is 1. The van der Waals surface area contributed by atoms with Crippen molar-refractivity contribution in [3.63, 3.8) is 0 Å². The topological polar surface area (TPSA) is 90.3 Å². The third-order valence-electron chi connectivity index (χ3n) is 5.02. The lowest BCUT2D eigenvalue weighted by Gasteiger charge is -2.41. The van der Waals surface area contributed by atoms with Crippen LogP contribution in [0.5, 0.6) is 0 Å². The molecule has 1 atom stereocenters. The SMILES string of the molecule is CC1CN(CC(C)(C)O)CCN1c1nc2c(cnn2-c2ccccc2)c(=O)[nH]1. The van der Waals surface area contributed by atoms with E-state index in [9.17, 15) is 9.90 Å². The Balaban J connectivity index is 1.66. The number of fused-ring (bicyclic) bond motifs is 1. The molecule has 1 fully saturated rings. The zero-order valence-electron chi connectivity index (χ0n) is 16.5. The van der Waals surface area contributed by atoms with Gasteiger partial charge in [0.1, 0.15) is 5.39 Å². The molecule has 0 spiro atoms. The molecule has 3 heterocycles. The second-order valence-corrected chi connectivity index (χ2v) is 8.11. The number of rotatable bonds is 4. The average Bonchev–Trinajstić information content (AvgIpc) is 3.06. The number of piperazine rings is 1. The van der Waals surface area contributed by atoms with Gasteiger partial charge in [0.25, 0.3) is 5.56 Å². The Morgan fingerprint density at radius 3 is 2.68 bits per heavy atom. The highest BCUT2D eigenvalue weighted by Crippen LogP contribution is 2.20. The number of benzene rings is 1. The molecule has 8 nitrogen and oxygen atoms in total. The summed E-state index contributed by atoms with van der Waals surface area (Å²) in [6, 6.07) is 9.84. The van der Waals surface area contributed by atoms with E-state index in [0.717, 1.165) is 25.3 Å². The number of para-hydroxylation sites is 1. The first-order chi connectivity index (χ1) is 13.3. The van der Waals surface area contributed by atoms with E-state index < -0.39 is 5.60 Å². The molecule has 2 N–H and O–H groups in total. The Kier molecular flexibility index (Phi) is 4.68. The van der Waals surface area contributed by atoms with Crippen molar-refractivity contribution >= 4 is 17.0 Å². The fraction of sp³-hybridized carbons (Fsp3) is 0.450. The first kappa shape index (κ1) is 18.6. The maximum atomic E-state index is 12.6. The Labute approximate surface area is 163 Å². The number of nitrogens with zero attached hydrogens (tertiary/aromatic N) is 5. The van der Waals surface area contributed by atoms with Crippen LogP contribution in [0.3, 0.4) is 0 Å². The normalized spacial score (nSPS) is 18.7. The summed E-state index contributed by atoms with van der Waals surface area (Å²) < 4.78 is 1.70. The van der Waals surface area contributed by atoms with Crippen LogP contribution in [0.4, 0.5) is 5.95 Å².